The van der Waals surface area contributed by atoms with E-state index in [4.69, 9.17) is 5.11 Å². The Bertz CT molecular complexity index is 267. The van der Waals surface area contributed by atoms with Crippen LogP contribution >= 0.6 is 0 Å². The second-order valence-electron chi connectivity index (χ2n) is 3.05. The number of carbonyl (C=O) groups excluding carboxylic acids is 2. The summed E-state index contributed by atoms with van der Waals surface area (Å²) in [5.41, 5.74) is 0. The van der Waals surface area contributed by atoms with Gasteiger partial charge in [-0.2, -0.15) is 0 Å². The molecule has 7 heteroatoms. The Morgan fingerprint density at radius 3 is 2.44 bits per heavy atom. The second kappa shape index (κ2) is 7.49. The summed E-state index contributed by atoms with van der Waals surface area (Å²) in [6.45, 7) is 1.48. The molecule has 0 heterocycles. The molecule has 0 saturated heterocycles. The van der Waals surface area contributed by atoms with E-state index in [1.54, 1.807) is 0 Å². The number of hydrogen-bond acceptors (Lipinski definition) is 4. The Morgan fingerprint density at radius 1 is 1.38 bits per heavy atom. The highest BCUT2D eigenvalue weighted by molar-refractivity contribution is 5.83. The molecule has 0 bridgehead atoms. The first kappa shape index (κ1) is 14.2. The minimum Gasteiger partial charge on any atom is -0.480 e. The second-order valence-corrected chi connectivity index (χ2v) is 3.05. The molecule has 0 fully saturated rings. The van der Waals surface area contributed by atoms with Crippen molar-refractivity contribution in [3.05, 3.63) is 0 Å². The van der Waals surface area contributed by atoms with E-state index < -0.39 is 18.0 Å². The molecule has 7 nitrogen and oxygen atoms in total. The van der Waals surface area contributed by atoms with Gasteiger partial charge in [0.15, 0.2) is 0 Å². The Hall–Kier alpha value is -1.79. The van der Waals surface area contributed by atoms with Gasteiger partial charge < -0.3 is 20.1 Å². The third-order valence-corrected chi connectivity index (χ3v) is 1.72. The van der Waals surface area contributed by atoms with Gasteiger partial charge >= 0.3 is 18.0 Å². The molecule has 0 spiro atoms. The minimum absolute atomic E-state index is 0.269. The van der Waals surface area contributed by atoms with Gasteiger partial charge in [-0.25, -0.2) is 4.79 Å². The molecule has 0 aliphatic rings. The van der Waals surface area contributed by atoms with E-state index in [-0.39, 0.29) is 13.1 Å². The number of carboxylic acid groups (broad SMARTS) is 1. The molecule has 0 aromatic heterocycles. The first-order chi connectivity index (χ1) is 7.51. The molecule has 0 aliphatic heterocycles. The fourth-order valence-corrected chi connectivity index (χ4v) is 1.02. The van der Waals surface area contributed by atoms with Gasteiger partial charge in [0.1, 0.15) is 13.1 Å². The number of carboxylic acids is 1. The van der Waals surface area contributed by atoms with Gasteiger partial charge in [0, 0.05) is 6.54 Å². The molecule has 0 saturated carbocycles. The molecular formula is C9H16N2O5. The normalized spacial score (nSPS) is 9.38. The molecule has 0 rings (SSSR count). The quantitative estimate of drug-likeness (QED) is 0.611. The molecule has 2 N–H and O–H groups in total. The molecule has 0 atom stereocenters. The third-order valence-electron chi connectivity index (χ3n) is 1.72. The molecule has 0 radical (unpaired) electrons. The standard InChI is InChI=1S/C9H16N2O5/c1-3-4-11(6-7(12)13)9(15)10-5-8(14)16-2/h3-6H2,1-2H3,(H,10,15)(H,12,13). The number of methoxy groups -OCH3 is 1. The van der Waals surface area contributed by atoms with Crippen molar-refractivity contribution in [1.29, 1.82) is 0 Å². The molecule has 2 amide bonds. The number of esters is 1. The Balaban J connectivity index is 4.16. The number of aliphatic carboxylic acids is 1. The van der Waals surface area contributed by atoms with Crippen LogP contribution in [0.2, 0.25) is 0 Å². The third kappa shape index (κ3) is 5.84. The van der Waals surface area contributed by atoms with Crippen LogP contribution in [0.1, 0.15) is 13.3 Å². The van der Waals surface area contributed by atoms with E-state index in [1.807, 2.05) is 6.92 Å². The first-order valence-electron chi connectivity index (χ1n) is 4.82. The fraction of sp³-hybridized carbons (Fsp3) is 0.667. The van der Waals surface area contributed by atoms with E-state index in [0.717, 1.165) is 4.90 Å². The lowest BCUT2D eigenvalue weighted by molar-refractivity contribution is -0.139. The fourth-order valence-electron chi connectivity index (χ4n) is 1.02. The maximum absolute atomic E-state index is 11.4. The minimum atomic E-state index is -1.10. The highest BCUT2D eigenvalue weighted by Gasteiger charge is 2.16. The Morgan fingerprint density at radius 2 is 2.00 bits per heavy atom. The summed E-state index contributed by atoms with van der Waals surface area (Å²) in [5, 5.41) is 10.8. The van der Waals surface area contributed by atoms with Crippen molar-refractivity contribution < 1.29 is 24.2 Å². The van der Waals surface area contributed by atoms with Crippen molar-refractivity contribution >= 4 is 18.0 Å². The topological polar surface area (TPSA) is 95.9 Å². The smallest absolute Gasteiger partial charge is 0.325 e. The lowest BCUT2D eigenvalue weighted by Crippen LogP contribution is -2.44. The van der Waals surface area contributed by atoms with Crippen molar-refractivity contribution in [3.8, 4) is 0 Å². The maximum atomic E-state index is 11.4. The zero-order chi connectivity index (χ0) is 12.6. The van der Waals surface area contributed by atoms with E-state index in [2.05, 4.69) is 10.1 Å². The van der Waals surface area contributed by atoms with Crippen molar-refractivity contribution in [1.82, 2.24) is 10.2 Å². The van der Waals surface area contributed by atoms with Crippen molar-refractivity contribution in [2.75, 3.05) is 26.7 Å². The van der Waals surface area contributed by atoms with Gasteiger partial charge in [0.2, 0.25) is 0 Å². The monoisotopic (exact) mass is 232 g/mol. The zero-order valence-corrected chi connectivity index (χ0v) is 9.36. The van der Waals surface area contributed by atoms with Gasteiger partial charge in [-0.05, 0) is 6.42 Å². The van der Waals surface area contributed by atoms with Crippen LogP contribution in [-0.4, -0.2) is 54.7 Å². The molecule has 0 unspecified atom stereocenters. The predicted octanol–water partition coefficient (Wildman–Crippen LogP) is -0.334. The van der Waals surface area contributed by atoms with Crippen LogP contribution in [0.5, 0.6) is 0 Å². The number of ether oxygens (including phenoxy) is 1. The summed E-state index contributed by atoms with van der Waals surface area (Å²) < 4.78 is 4.33. The largest absolute Gasteiger partial charge is 0.480 e. The summed E-state index contributed by atoms with van der Waals surface area (Å²) in [4.78, 5) is 33.8. The summed E-state index contributed by atoms with van der Waals surface area (Å²) in [6, 6.07) is -0.588. The average molecular weight is 232 g/mol. The van der Waals surface area contributed by atoms with Crippen LogP contribution < -0.4 is 5.32 Å². The van der Waals surface area contributed by atoms with Crippen LogP contribution in [0.4, 0.5) is 4.79 Å². The van der Waals surface area contributed by atoms with Gasteiger partial charge in [0.05, 0.1) is 7.11 Å². The summed E-state index contributed by atoms with van der Waals surface area (Å²) in [6.07, 6.45) is 0.638. The van der Waals surface area contributed by atoms with Crippen LogP contribution in [0.15, 0.2) is 0 Å². The summed E-state index contributed by atoms with van der Waals surface area (Å²) in [7, 11) is 1.20. The van der Waals surface area contributed by atoms with Gasteiger partial charge in [-0.1, -0.05) is 6.92 Å². The number of hydrogen-bond donors (Lipinski definition) is 2. The van der Waals surface area contributed by atoms with Gasteiger partial charge in [0.25, 0.3) is 0 Å². The maximum Gasteiger partial charge on any atom is 0.325 e. The SMILES string of the molecule is CCCN(CC(=O)O)C(=O)NCC(=O)OC. The van der Waals surface area contributed by atoms with Crippen molar-refractivity contribution in [3.63, 3.8) is 0 Å². The highest BCUT2D eigenvalue weighted by Crippen LogP contribution is 1.92. The summed E-state index contributed by atoms with van der Waals surface area (Å²) in [5.74, 6) is -1.68. The van der Waals surface area contributed by atoms with Crippen molar-refractivity contribution in [2.45, 2.75) is 13.3 Å². The molecular weight excluding hydrogens is 216 g/mol. The number of carbonyl (C=O) groups is 3. The lowest BCUT2D eigenvalue weighted by atomic mass is 10.4. The van der Waals surface area contributed by atoms with Gasteiger partial charge in [-0.3, -0.25) is 9.59 Å². The first-order valence-corrected chi connectivity index (χ1v) is 4.82. The molecule has 0 aromatic carbocycles. The molecule has 0 aromatic rings. The number of nitrogens with zero attached hydrogens (tertiary/aromatic N) is 1. The van der Waals surface area contributed by atoms with Crippen LogP contribution in [0, 0.1) is 0 Å². The number of nitrogens with one attached hydrogen (secondary N) is 1. The van der Waals surface area contributed by atoms with Crippen LogP contribution in [0.3, 0.4) is 0 Å². The molecule has 16 heavy (non-hydrogen) atoms. The Labute approximate surface area is 93.4 Å². The van der Waals surface area contributed by atoms with E-state index in [1.165, 1.54) is 7.11 Å². The van der Waals surface area contributed by atoms with E-state index >= 15 is 0 Å². The van der Waals surface area contributed by atoms with Crippen molar-refractivity contribution in [2.24, 2.45) is 0 Å². The molecule has 0 aliphatic carbocycles. The number of urea groups is 1. The Kier molecular flexibility index (Phi) is 6.66. The molecule has 92 valence electrons. The highest BCUT2D eigenvalue weighted by atomic mass is 16.5. The lowest BCUT2D eigenvalue weighted by Gasteiger charge is -2.19. The summed E-state index contributed by atoms with van der Waals surface area (Å²) >= 11 is 0. The van der Waals surface area contributed by atoms with E-state index in [9.17, 15) is 14.4 Å². The predicted molar refractivity (Wildman–Crippen MR) is 54.9 cm³/mol. The van der Waals surface area contributed by atoms with Crippen LogP contribution in [-0.2, 0) is 14.3 Å². The van der Waals surface area contributed by atoms with Crippen LogP contribution in [0.25, 0.3) is 0 Å². The van der Waals surface area contributed by atoms with Gasteiger partial charge in [-0.15, -0.1) is 0 Å². The zero-order valence-electron chi connectivity index (χ0n) is 9.36. The van der Waals surface area contributed by atoms with E-state index in [0.29, 0.717) is 13.0 Å². The number of amides is 2. The average Bonchev–Trinajstić information content (AvgIpc) is 2.24. The number of rotatable bonds is 6.